The molecule has 2 heteroatoms. The van der Waals surface area contributed by atoms with E-state index < -0.39 is 5.41 Å². The molecule has 230 valence electrons. The van der Waals surface area contributed by atoms with Gasteiger partial charge in [0.1, 0.15) is 0 Å². The van der Waals surface area contributed by atoms with E-state index in [2.05, 4.69) is 193 Å². The van der Waals surface area contributed by atoms with Crippen LogP contribution in [-0.4, -0.2) is 14.5 Å². The minimum atomic E-state index is -0.448. The first-order valence-electron chi connectivity index (χ1n) is 16.9. The first-order chi connectivity index (χ1) is 24.3. The van der Waals surface area contributed by atoms with Crippen LogP contribution in [0.15, 0.2) is 188 Å². The molecule has 0 atom stereocenters. The fourth-order valence-electron chi connectivity index (χ4n) is 8.23. The van der Waals surface area contributed by atoms with E-state index in [-0.39, 0.29) is 14.5 Å². The Bertz CT molecular complexity index is 2620. The predicted octanol–water partition coefficient (Wildman–Crippen LogP) is 12.0. The van der Waals surface area contributed by atoms with Crippen LogP contribution in [0.1, 0.15) is 22.3 Å². The van der Waals surface area contributed by atoms with Crippen LogP contribution in [-0.2, 0) is 5.41 Å². The van der Waals surface area contributed by atoms with Crippen molar-refractivity contribution in [3.05, 3.63) is 210 Å². The molecule has 0 amide bonds. The summed E-state index contributed by atoms with van der Waals surface area (Å²) in [7, 11) is 0. The standard InChI is InChI=1S/C47H31NSe/c1-4-15-33(16-5-1)47(34-17-6-2-7-18-34)43-23-13-12-22-39(43)40-28-25-36(30-44(40)47)48(35-19-8-3-9-20-35)37-26-29-41-42-27-24-32-14-10-11-21-38(32)46(42)49-45(41)31-37/h1-31H. The van der Waals surface area contributed by atoms with Gasteiger partial charge in [0.2, 0.25) is 0 Å². The molecule has 0 saturated heterocycles. The third-order valence-corrected chi connectivity index (χ3v) is 12.8. The van der Waals surface area contributed by atoms with Crippen molar-refractivity contribution in [2.24, 2.45) is 0 Å². The van der Waals surface area contributed by atoms with Gasteiger partial charge in [-0.1, -0.05) is 0 Å². The average Bonchev–Trinajstić information content (AvgIpc) is 3.70. The van der Waals surface area contributed by atoms with Crippen molar-refractivity contribution in [3.8, 4) is 11.1 Å². The Morgan fingerprint density at radius 2 is 0.980 bits per heavy atom. The van der Waals surface area contributed by atoms with Gasteiger partial charge in [0, 0.05) is 0 Å². The van der Waals surface area contributed by atoms with Crippen LogP contribution < -0.4 is 4.90 Å². The molecule has 0 spiro atoms. The Hall–Kier alpha value is -5.66. The van der Waals surface area contributed by atoms with Gasteiger partial charge in [-0.05, 0) is 0 Å². The molecular weight excluding hydrogens is 657 g/mol. The van der Waals surface area contributed by atoms with Crippen LogP contribution in [0.3, 0.4) is 0 Å². The van der Waals surface area contributed by atoms with Crippen LogP contribution >= 0.6 is 0 Å². The van der Waals surface area contributed by atoms with E-state index in [1.165, 1.54) is 69.1 Å². The fraction of sp³-hybridized carbons (Fsp3) is 0.0213. The minimum absolute atomic E-state index is 0.221. The molecule has 49 heavy (non-hydrogen) atoms. The monoisotopic (exact) mass is 689 g/mol. The van der Waals surface area contributed by atoms with E-state index in [1.807, 2.05) is 0 Å². The third kappa shape index (κ3) is 4.25. The zero-order chi connectivity index (χ0) is 32.4. The second-order valence-corrected chi connectivity index (χ2v) is 15.1. The van der Waals surface area contributed by atoms with E-state index >= 15 is 0 Å². The Kier molecular flexibility index (Phi) is 6.49. The quantitative estimate of drug-likeness (QED) is 0.163. The van der Waals surface area contributed by atoms with Crippen molar-refractivity contribution in [3.63, 3.8) is 0 Å². The number of hydrogen-bond acceptors (Lipinski definition) is 1. The van der Waals surface area contributed by atoms with E-state index in [0.717, 1.165) is 11.4 Å². The van der Waals surface area contributed by atoms with Gasteiger partial charge in [-0.15, -0.1) is 0 Å². The SMILES string of the molecule is c1ccc(N(c2ccc3c(c2)C(c2ccccc2)(c2ccccc2)c2ccccc2-3)c2ccc3c(c2)[se]c2c4ccccc4ccc32)cc1. The van der Waals surface area contributed by atoms with Crippen LogP contribution in [0.25, 0.3) is 41.2 Å². The molecule has 0 radical (unpaired) electrons. The summed E-state index contributed by atoms with van der Waals surface area (Å²) in [4.78, 5) is 2.45. The average molecular weight is 689 g/mol. The first kappa shape index (κ1) is 28.4. The zero-order valence-corrected chi connectivity index (χ0v) is 28.5. The number of nitrogens with zero attached hydrogens (tertiary/aromatic N) is 1. The molecule has 0 fully saturated rings. The molecule has 0 aliphatic heterocycles. The molecule has 8 aromatic carbocycles. The maximum absolute atomic E-state index is 2.46. The molecule has 1 aromatic heterocycles. The number of hydrogen-bond donors (Lipinski definition) is 0. The molecular formula is C47H31NSe. The van der Waals surface area contributed by atoms with Crippen molar-refractivity contribution in [2.45, 2.75) is 5.41 Å². The molecule has 1 aliphatic rings. The number of rotatable bonds is 5. The Balaban J connectivity index is 1.23. The van der Waals surface area contributed by atoms with Crippen molar-refractivity contribution in [1.82, 2.24) is 0 Å². The maximum atomic E-state index is 2.46. The Morgan fingerprint density at radius 1 is 0.388 bits per heavy atom. The van der Waals surface area contributed by atoms with E-state index in [0.29, 0.717) is 0 Å². The van der Waals surface area contributed by atoms with E-state index in [1.54, 1.807) is 0 Å². The second-order valence-electron chi connectivity index (χ2n) is 12.9. The van der Waals surface area contributed by atoms with Gasteiger partial charge in [0.05, 0.1) is 0 Å². The van der Waals surface area contributed by atoms with Crippen molar-refractivity contribution < 1.29 is 0 Å². The summed E-state index contributed by atoms with van der Waals surface area (Å²) in [6.07, 6.45) is 0. The summed E-state index contributed by atoms with van der Waals surface area (Å²) in [6, 6.07) is 69.6. The first-order valence-corrected chi connectivity index (χ1v) is 18.6. The summed E-state index contributed by atoms with van der Waals surface area (Å²) in [5.74, 6) is 0. The van der Waals surface area contributed by atoms with E-state index in [9.17, 15) is 0 Å². The van der Waals surface area contributed by atoms with E-state index in [4.69, 9.17) is 0 Å². The topological polar surface area (TPSA) is 3.24 Å². The fourth-order valence-corrected chi connectivity index (χ4v) is 10.9. The molecule has 10 rings (SSSR count). The zero-order valence-electron chi connectivity index (χ0n) is 26.8. The molecule has 0 N–H and O–H groups in total. The Morgan fingerprint density at radius 3 is 1.76 bits per heavy atom. The molecule has 0 unspecified atom stereocenters. The summed E-state index contributed by atoms with van der Waals surface area (Å²) < 4.78 is 2.93. The normalized spacial score (nSPS) is 13.1. The number of fused-ring (bicyclic) bond motifs is 8. The van der Waals surface area contributed by atoms with Crippen molar-refractivity contribution in [2.75, 3.05) is 4.90 Å². The van der Waals surface area contributed by atoms with Gasteiger partial charge in [0.25, 0.3) is 0 Å². The van der Waals surface area contributed by atoms with Gasteiger partial charge in [0.15, 0.2) is 0 Å². The van der Waals surface area contributed by atoms with Gasteiger partial charge >= 0.3 is 293 Å². The summed E-state index contributed by atoms with van der Waals surface area (Å²) in [6.45, 7) is 0. The van der Waals surface area contributed by atoms with Crippen LogP contribution in [0.4, 0.5) is 17.1 Å². The van der Waals surface area contributed by atoms with Crippen LogP contribution in [0.5, 0.6) is 0 Å². The van der Waals surface area contributed by atoms with Crippen LogP contribution in [0, 0.1) is 0 Å². The number of anilines is 3. The third-order valence-electron chi connectivity index (χ3n) is 10.3. The Labute approximate surface area is 292 Å². The molecule has 1 heterocycles. The van der Waals surface area contributed by atoms with Gasteiger partial charge in [-0.25, -0.2) is 0 Å². The predicted molar refractivity (Wildman–Crippen MR) is 208 cm³/mol. The molecule has 1 aliphatic carbocycles. The van der Waals surface area contributed by atoms with Crippen LogP contribution in [0.2, 0.25) is 0 Å². The number of para-hydroxylation sites is 1. The second kappa shape index (κ2) is 11.2. The molecule has 1 nitrogen and oxygen atoms in total. The van der Waals surface area contributed by atoms with Gasteiger partial charge in [-0.3, -0.25) is 0 Å². The number of benzene rings is 8. The van der Waals surface area contributed by atoms with Crippen molar-refractivity contribution in [1.29, 1.82) is 0 Å². The molecule has 0 saturated carbocycles. The van der Waals surface area contributed by atoms with Gasteiger partial charge in [-0.2, -0.15) is 0 Å². The molecule has 0 bridgehead atoms. The summed E-state index contributed by atoms with van der Waals surface area (Å²) in [5.41, 5.74) is 10.8. The summed E-state index contributed by atoms with van der Waals surface area (Å²) in [5, 5.41) is 5.46. The van der Waals surface area contributed by atoms with Gasteiger partial charge < -0.3 is 0 Å². The van der Waals surface area contributed by atoms with Crippen molar-refractivity contribution >= 4 is 61.6 Å². The molecule has 9 aromatic rings. The summed E-state index contributed by atoms with van der Waals surface area (Å²) >= 11 is 0.221.